The highest BCUT2D eigenvalue weighted by atomic mass is 35.5. The number of aromatic amines is 1. The van der Waals surface area contributed by atoms with Crippen molar-refractivity contribution in [1.82, 2.24) is 15.2 Å². The Morgan fingerprint density at radius 2 is 1.82 bits per heavy atom. The van der Waals surface area contributed by atoms with E-state index in [2.05, 4.69) is 15.6 Å². The van der Waals surface area contributed by atoms with Crippen LogP contribution >= 0.6 is 11.6 Å². The number of hydrogen-bond acceptors (Lipinski definition) is 5. The van der Waals surface area contributed by atoms with Crippen LogP contribution in [0.5, 0.6) is 0 Å². The average Bonchev–Trinajstić information content (AvgIpc) is 3.57. The summed E-state index contributed by atoms with van der Waals surface area (Å²) >= 11 is 6.16. The van der Waals surface area contributed by atoms with E-state index in [1.807, 2.05) is 24.8 Å². The number of hydrogen-bond donors (Lipinski definition) is 3. The minimum absolute atomic E-state index is 0.0388. The van der Waals surface area contributed by atoms with Crippen LogP contribution in [0.15, 0.2) is 41.3 Å². The van der Waals surface area contributed by atoms with E-state index in [0.717, 1.165) is 29.9 Å². The normalized spacial score (nSPS) is 17.9. The van der Waals surface area contributed by atoms with Crippen molar-refractivity contribution >= 4 is 56.5 Å². The van der Waals surface area contributed by atoms with Gasteiger partial charge in [0.15, 0.2) is 0 Å². The van der Waals surface area contributed by atoms with Crippen molar-refractivity contribution in [2.75, 3.05) is 42.3 Å². The summed E-state index contributed by atoms with van der Waals surface area (Å²) in [6.07, 6.45) is 2.29. The highest BCUT2D eigenvalue weighted by molar-refractivity contribution is 7.92. The number of fused-ring (bicyclic) bond motifs is 2. The SMILES string of the molecule is Cc1[nH]c(C=C2C(=O)Nc3ccc(S(=O)(=O)N4CCc5ccc(Cl)cc54)cc32)c(C)c1C(=O)N1CCNCC1. The summed E-state index contributed by atoms with van der Waals surface area (Å²) in [5, 5.41) is 6.54. The third-order valence-electron chi connectivity index (χ3n) is 7.65. The lowest BCUT2D eigenvalue weighted by atomic mass is 10.0. The first-order valence-corrected chi connectivity index (χ1v) is 14.6. The largest absolute Gasteiger partial charge is 0.358 e. The molecule has 0 unspecified atom stereocenters. The van der Waals surface area contributed by atoms with Crippen LogP contribution in [-0.4, -0.2) is 62.8 Å². The second-order valence-electron chi connectivity index (χ2n) is 10.0. The molecule has 3 N–H and O–H groups in total. The van der Waals surface area contributed by atoms with E-state index in [1.54, 1.807) is 24.3 Å². The smallest absolute Gasteiger partial charge is 0.264 e. The standard InChI is InChI=1S/C28H28ClN5O4S/c1-16-24(31-17(2)26(16)28(36)33-11-8-30-9-12-33)15-22-21-14-20(5-6-23(21)32-27(22)35)39(37,38)34-10-7-18-3-4-19(29)13-25(18)34/h3-6,13-15,30-31H,7-12H2,1-2H3,(H,32,35). The van der Waals surface area contributed by atoms with Gasteiger partial charge in [-0.2, -0.15) is 0 Å². The molecule has 202 valence electrons. The number of carbonyl (C=O) groups excluding carboxylic acids is 2. The van der Waals surface area contributed by atoms with Gasteiger partial charge >= 0.3 is 0 Å². The second kappa shape index (κ2) is 9.55. The van der Waals surface area contributed by atoms with Crippen LogP contribution in [0.3, 0.4) is 0 Å². The molecule has 3 aliphatic rings. The molecule has 4 heterocycles. The molecule has 6 rings (SSSR count). The molecule has 3 aliphatic heterocycles. The topological polar surface area (TPSA) is 115 Å². The number of rotatable bonds is 4. The van der Waals surface area contributed by atoms with E-state index >= 15 is 0 Å². The summed E-state index contributed by atoms with van der Waals surface area (Å²) in [4.78, 5) is 31.4. The van der Waals surface area contributed by atoms with Crippen LogP contribution in [0.1, 0.15) is 38.4 Å². The molecule has 0 aliphatic carbocycles. The Morgan fingerprint density at radius 1 is 1.05 bits per heavy atom. The number of piperazine rings is 1. The minimum atomic E-state index is -3.89. The van der Waals surface area contributed by atoms with Gasteiger partial charge in [-0.15, -0.1) is 0 Å². The van der Waals surface area contributed by atoms with Crippen molar-refractivity contribution in [3.8, 4) is 0 Å². The Kier molecular flexibility index (Phi) is 6.28. The highest BCUT2D eigenvalue weighted by Gasteiger charge is 2.34. The van der Waals surface area contributed by atoms with Gasteiger partial charge < -0.3 is 20.5 Å². The van der Waals surface area contributed by atoms with Gasteiger partial charge in [-0.1, -0.05) is 17.7 Å². The van der Waals surface area contributed by atoms with Gasteiger partial charge in [0.25, 0.3) is 21.8 Å². The van der Waals surface area contributed by atoms with Gasteiger partial charge in [0.05, 0.1) is 21.7 Å². The van der Waals surface area contributed by atoms with Gasteiger partial charge in [0.2, 0.25) is 0 Å². The van der Waals surface area contributed by atoms with Crippen LogP contribution in [0.4, 0.5) is 11.4 Å². The molecule has 2 aromatic carbocycles. The zero-order valence-electron chi connectivity index (χ0n) is 21.6. The fourth-order valence-electron chi connectivity index (χ4n) is 5.58. The van der Waals surface area contributed by atoms with E-state index in [9.17, 15) is 18.0 Å². The lowest BCUT2D eigenvalue weighted by molar-refractivity contribution is -0.110. The van der Waals surface area contributed by atoms with Crippen molar-refractivity contribution in [2.45, 2.75) is 25.2 Å². The summed E-state index contributed by atoms with van der Waals surface area (Å²) < 4.78 is 28.7. The molecule has 2 amide bonds. The number of nitrogens with zero attached hydrogens (tertiary/aromatic N) is 2. The summed E-state index contributed by atoms with van der Waals surface area (Å²) in [5.74, 6) is -0.373. The Bertz CT molecular complexity index is 1670. The monoisotopic (exact) mass is 565 g/mol. The van der Waals surface area contributed by atoms with Crippen molar-refractivity contribution in [2.24, 2.45) is 0 Å². The number of sulfonamides is 1. The summed E-state index contributed by atoms with van der Waals surface area (Å²) in [6, 6.07) is 9.93. The van der Waals surface area contributed by atoms with Crippen LogP contribution in [-0.2, 0) is 21.2 Å². The fourth-order valence-corrected chi connectivity index (χ4v) is 7.27. The Labute approximate surface area is 231 Å². The van der Waals surface area contributed by atoms with Crippen LogP contribution in [0.2, 0.25) is 5.02 Å². The first-order valence-electron chi connectivity index (χ1n) is 12.8. The number of amides is 2. The third-order valence-corrected chi connectivity index (χ3v) is 9.69. The lowest BCUT2D eigenvalue weighted by Crippen LogP contribution is -2.46. The number of anilines is 2. The molecule has 9 nitrogen and oxygen atoms in total. The van der Waals surface area contributed by atoms with E-state index in [0.29, 0.717) is 64.8 Å². The molecule has 39 heavy (non-hydrogen) atoms. The number of halogens is 1. The number of carbonyl (C=O) groups is 2. The van der Waals surface area contributed by atoms with Crippen molar-refractivity contribution < 1.29 is 18.0 Å². The maximum atomic E-state index is 13.7. The van der Waals surface area contributed by atoms with E-state index in [4.69, 9.17) is 11.6 Å². The summed E-state index contributed by atoms with van der Waals surface area (Å²) in [5.41, 5.74) is 5.57. The average molecular weight is 566 g/mol. The van der Waals surface area contributed by atoms with Gasteiger partial charge in [-0.3, -0.25) is 13.9 Å². The van der Waals surface area contributed by atoms with Gasteiger partial charge in [-0.25, -0.2) is 8.42 Å². The van der Waals surface area contributed by atoms with Crippen molar-refractivity contribution in [3.05, 3.63) is 75.1 Å². The summed E-state index contributed by atoms with van der Waals surface area (Å²) in [7, 11) is -3.89. The zero-order chi connectivity index (χ0) is 27.5. The predicted octanol–water partition coefficient (Wildman–Crippen LogP) is 3.57. The van der Waals surface area contributed by atoms with Gasteiger partial charge in [-0.05, 0) is 67.8 Å². The van der Waals surface area contributed by atoms with E-state index in [1.165, 1.54) is 16.4 Å². The Morgan fingerprint density at radius 3 is 2.59 bits per heavy atom. The minimum Gasteiger partial charge on any atom is -0.358 e. The lowest BCUT2D eigenvalue weighted by Gasteiger charge is -2.27. The maximum absolute atomic E-state index is 13.7. The van der Waals surface area contributed by atoms with Crippen LogP contribution in [0.25, 0.3) is 11.6 Å². The first kappa shape index (κ1) is 25.7. The zero-order valence-corrected chi connectivity index (χ0v) is 23.2. The van der Waals surface area contributed by atoms with Gasteiger partial charge in [0.1, 0.15) is 0 Å². The molecule has 0 spiro atoms. The number of aromatic nitrogens is 1. The number of H-pyrrole nitrogens is 1. The Balaban J connectivity index is 1.36. The van der Waals surface area contributed by atoms with Crippen LogP contribution < -0.4 is 14.9 Å². The molecule has 0 bridgehead atoms. The van der Waals surface area contributed by atoms with Gasteiger partial charge in [0, 0.05) is 60.4 Å². The molecular formula is C28H28ClN5O4S. The maximum Gasteiger partial charge on any atom is 0.264 e. The second-order valence-corrected chi connectivity index (χ2v) is 12.3. The van der Waals surface area contributed by atoms with Crippen molar-refractivity contribution in [1.29, 1.82) is 0 Å². The Hall–Kier alpha value is -3.60. The molecule has 1 fully saturated rings. The number of nitrogens with one attached hydrogen (secondary N) is 3. The predicted molar refractivity (Wildman–Crippen MR) is 152 cm³/mol. The van der Waals surface area contributed by atoms with Crippen LogP contribution in [0, 0.1) is 13.8 Å². The molecule has 1 aromatic heterocycles. The summed E-state index contributed by atoms with van der Waals surface area (Å²) in [6.45, 7) is 6.81. The molecule has 0 saturated carbocycles. The molecule has 11 heteroatoms. The van der Waals surface area contributed by atoms with Crippen molar-refractivity contribution in [3.63, 3.8) is 0 Å². The molecular weight excluding hydrogens is 538 g/mol. The highest BCUT2D eigenvalue weighted by Crippen LogP contribution is 2.39. The molecule has 1 saturated heterocycles. The third kappa shape index (κ3) is 4.32. The van der Waals surface area contributed by atoms with E-state index in [-0.39, 0.29) is 16.7 Å². The quantitative estimate of drug-likeness (QED) is 0.418. The molecule has 3 aromatic rings. The molecule has 0 radical (unpaired) electrons. The number of benzene rings is 2. The van der Waals surface area contributed by atoms with E-state index < -0.39 is 10.0 Å². The fraction of sp³-hybridized carbons (Fsp3) is 0.286. The first-order chi connectivity index (χ1) is 18.6. The number of aryl methyl sites for hydroxylation is 1. The molecule has 0 atom stereocenters.